The van der Waals surface area contributed by atoms with Crippen molar-refractivity contribution in [2.24, 2.45) is 0 Å². The van der Waals surface area contributed by atoms with E-state index in [1.54, 1.807) is 0 Å². The minimum Gasteiger partial charge on any atom is -0.377 e. The maximum absolute atomic E-state index is 12.2. The van der Waals surface area contributed by atoms with Gasteiger partial charge in [0.1, 0.15) is 0 Å². The monoisotopic (exact) mass is 240 g/mol. The number of hydrogen-bond acceptors (Lipinski definition) is 3. The number of carbonyl (C=O) groups is 1. The van der Waals surface area contributed by atoms with Crippen molar-refractivity contribution in [2.45, 2.75) is 44.8 Å². The number of likely N-dealkylation sites (tertiary alicyclic amines) is 1. The van der Waals surface area contributed by atoms with Crippen LogP contribution < -0.4 is 0 Å². The first-order valence-electron chi connectivity index (χ1n) is 6.79. The lowest BCUT2D eigenvalue weighted by Gasteiger charge is -2.29. The number of amides is 1. The lowest BCUT2D eigenvalue weighted by atomic mass is 10.2. The van der Waals surface area contributed by atoms with Crippen molar-refractivity contribution in [3.05, 3.63) is 0 Å². The number of rotatable bonds is 4. The van der Waals surface area contributed by atoms with Gasteiger partial charge in [0.15, 0.2) is 0 Å². The molecule has 0 saturated carbocycles. The molecule has 0 aromatic carbocycles. The van der Waals surface area contributed by atoms with Gasteiger partial charge in [-0.25, -0.2) is 0 Å². The molecule has 2 aliphatic rings. The van der Waals surface area contributed by atoms with E-state index in [9.17, 15) is 4.79 Å². The minimum absolute atomic E-state index is 0.0164. The van der Waals surface area contributed by atoms with E-state index in [4.69, 9.17) is 4.74 Å². The Kier molecular flexibility index (Phi) is 4.40. The average molecular weight is 240 g/mol. The van der Waals surface area contributed by atoms with Crippen molar-refractivity contribution in [3.63, 3.8) is 0 Å². The van der Waals surface area contributed by atoms with Gasteiger partial charge in [-0.1, -0.05) is 0 Å². The topological polar surface area (TPSA) is 32.8 Å². The summed E-state index contributed by atoms with van der Waals surface area (Å²) in [5.74, 6) is 0.281. The zero-order valence-corrected chi connectivity index (χ0v) is 11.0. The van der Waals surface area contributed by atoms with Crippen LogP contribution >= 0.6 is 0 Å². The van der Waals surface area contributed by atoms with Gasteiger partial charge < -0.3 is 9.64 Å². The lowest BCUT2D eigenvalue weighted by molar-refractivity contribution is -0.135. The van der Waals surface area contributed by atoms with Crippen LogP contribution in [-0.2, 0) is 9.53 Å². The second-order valence-electron chi connectivity index (χ2n) is 5.28. The summed E-state index contributed by atoms with van der Waals surface area (Å²) in [6.07, 6.45) is 4.94. The van der Waals surface area contributed by atoms with Crippen molar-refractivity contribution in [3.8, 4) is 0 Å². The molecule has 0 bridgehead atoms. The van der Waals surface area contributed by atoms with Crippen LogP contribution in [0.4, 0.5) is 0 Å². The standard InChI is InChI=1S/C13H24N2O2/c1-11(13(16)15-7-3-4-8-15)14(2)10-12-6-5-9-17-12/h11-12H,3-10H2,1-2H3. The molecule has 0 N–H and O–H groups in total. The Morgan fingerprint density at radius 1 is 1.41 bits per heavy atom. The molecule has 0 radical (unpaired) electrons. The summed E-state index contributed by atoms with van der Waals surface area (Å²) in [6.45, 7) is 5.65. The summed E-state index contributed by atoms with van der Waals surface area (Å²) in [6, 6.07) is -0.0164. The average Bonchev–Trinajstić information content (AvgIpc) is 2.99. The summed E-state index contributed by atoms with van der Waals surface area (Å²) in [7, 11) is 2.03. The fourth-order valence-electron chi connectivity index (χ4n) is 2.66. The smallest absolute Gasteiger partial charge is 0.239 e. The highest BCUT2D eigenvalue weighted by molar-refractivity contribution is 5.81. The first kappa shape index (κ1) is 12.8. The van der Waals surface area contributed by atoms with E-state index < -0.39 is 0 Å². The zero-order valence-electron chi connectivity index (χ0n) is 11.0. The van der Waals surface area contributed by atoms with Crippen LogP contribution in [0.3, 0.4) is 0 Å². The SMILES string of the molecule is CC(C(=O)N1CCCC1)N(C)CC1CCCO1. The van der Waals surface area contributed by atoms with Crippen molar-refractivity contribution in [2.75, 3.05) is 33.3 Å². The molecule has 2 rings (SSSR count). The molecular weight excluding hydrogens is 216 g/mol. The molecule has 98 valence electrons. The van der Waals surface area contributed by atoms with Gasteiger partial charge in [0, 0.05) is 26.2 Å². The molecule has 0 aromatic heterocycles. The molecule has 2 fully saturated rings. The number of likely N-dealkylation sites (N-methyl/N-ethyl adjacent to an activating group) is 1. The zero-order chi connectivity index (χ0) is 12.3. The van der Waals surface area contributed by atoms with E-state index in [0.717, 1.165) is 51.9 Å². The van der Waals surface area contributed by atoms with Crippen LogP contribution in [0.25, 0.3) is 0 Å². The van der Waals surface area contributed by atoms with E-state index in [-0.39, 0.29) is 11.9 Å². The molecule has 4 heteroatoms. The quantitative estimate of drug-likeness (QED) is 0.738. The summed E-state index contributed by atoms with van der Waals surface area (Å²) in [4.78, 5) is 16.3. The summed E-state index contributed by atoms with van der Waals surface area (Å²) >= 11 is 0. The first-order valence-corrected chi connectivity index (χ1v) is 6.79. The number of nitrogens with zero attached hydrogens (tertiary/aromatic N) is 2. The van der Waals surface area contributed by atoms with Crippen LogP contribution in [0.15, 0.2) is 0 Å². The van der Waals surface area contributed by atoms with Crippen molar-refractivity contribution >= 4 is 5.91 Å². The Bertz CT molecular complexity index is 258. The molecule has 0 spiro atoms. The number of carbonyl (C=O) groups excluding carboxylic acids is 1. The fraction of sp³-hybridized carbons (Fsp3) is 0.923. The van der Waals surface area contributed by atoms with E-state index in [0.29, 0.717) is 6.10 Å². The van der Waals surface area contributed by atoms with Gasteiger partial charge in [-0.2, -0.15) is 0 Å². The van der Waals surface area contributed by atoms with Crippen molar-refractivity contribution in [1.29, 1.82) is 0 Å². The van der Waals surface area contributed by atoms with E-state index >= 15 is 0 Å². The molecule has 0 aliphatic carbocycles. The summed E-state index contributed by atoms with van der Waals surface area (Å²) in [5, 5.41) is 0. The summed E-state index contributed by atoms with van der Waals surface area (Å²) < 4.78 is 5.61. The Morgan fingerprint density at radius 2 is 2.12 bits per heavy atom. The van der Waals surface area contributed by atoms with E-state index in [1.807, 2.05) is 18.9 Å². The lowest BCUT2D eigenvalue weighted by Crippen LogP contribution is -2.46. The second-order valence-corrected chi connectivity index (χ2v) is 5.28. The van der Waals surface area contributed by atoms with Gasteiger partial charge in [0.05, 0.1) is 12.1 Å². The van der Waals surface area contributed by atoms with Crippen LogP contribution in [-0.4, -0.2) is 61.1 Å². The van der Waals surface area contributed by atoms with Gasteiger partial charge >= 0.3 is 0 Å². The highest BCUT2D eigenvalue weighted by Gasteiger charge is 2.28. The highest BCUT2D eigenvalue weighted by atomic mass is 16.5. The van der Waals surface area contributed by atoms with Gasteiger partial charge in [-0.05, 0) is 39.7 Å². The fourth-order valence-corrected chi connectivity index (χ4v) is 2.66. The van der Waals surface area contributed by atoms with Crippen LogP contribution in [0.1, 0.15) is 32.6 Å². The Hall–Kier alpha value is -0.610. The van der Waals surface area contributed by atoms with Crippen molar-refractivity contribution in [1.82, 2.24) is 9.80 Å². The normalized spacial score (nSPS) is 26.8. The van der Waals surface area contributed by atoms with Gasteiger partial charge in [0.25, 0.3) is 0 Å². The second kappa shape index (κ2) is 5.83. The minimum atomic E-state index is -0.0164. The maximum Gasteiger partial charge on any atom is 0.239 e. The third-order valence-electron chi connectivity index (χ3n) is 3.95. The van der Waals surface area contributed by atoms with Gasteiger partial charge in [0.2, 0.25) is 5.91 Å². The molecule has 1 amide bonds. The van der Waals surface area contributed by atoms with Crippen LogP contribution in [0.2, 0.25) is 0 Å². The van der Waals surface area contributed by atoms with Gasteiger partial charge in [-0.3, -0.25) is 9.69 Å². The molecule has 2 heterocycles. The summed E-state index contributed by atoms with van der Waals surface area (Å²) in [5.41, 5.74) is 0. The van der Waals surface area contributed by atoms with E-state index in [2.05, 4.69) is 4.90 Å². The molecule has 2 aliphatic heterocycles. The van der Waals surface area contributed by atoms with Gasteiger partial charge in [-0.15, -0.1) is 0 Å². The number of hydrogen-bond donors (Lipinski definition) is 0. The third kappa shape index (κ3) is 3.19. The molecule has 2 unspecified atom stereocenters. The van der Waals surface area contributed by atoms with Crippen LogP contribution in [0, 0.1) is 0 Å². The third-order valence-corrected chi connectivity index (χ3v) is 3.95. The molecule has 2 saturated heterocycles. The molecule has 0 aromatic rings. The largest absolute Gasteiger partial charge is 0.377 e. The first-order chi connectivity index (χ1) is 8.18. The Balaban J connectivity index is 1.80. The highest BCUT2D eigenvalue weighted by Crippen LogP contribution is 2.15. The predicted molar refractivity (Wildman–Crippen MR) is 66.9 cm³/mol. The van der Waals surface area contributed by atoms with E-state index in [1.165, 1.54) is 0 Å². The molecular formula is C13H24N2O2. The molecule has 4 nitrogen and oxygen atoms in total. The van der Waals surface area contributed by atoms with Crippen molar-refractivity contribution < 1.29 is 9.53 Å². The predicted octanol–water partition coefficient (Wildman–Crippen LogP) is 1.11. The Morgan fingerprint density at radius 3 is 2.71 bits per heavy atom. The number of ether oxygens (including phenoxy) is 1. The molecule has 17 heavy (non-hydrogen) atoms. The van der Waals surface area contributed by atoms with Crippen LogP contribution in [0.5, 0.6) is 0 Å². The Labute approximate surface area is 104 Å². The maximum atomic E-state index is 12.2. The molecule has 2 atom stereocenters.